The quantitative estimate of drug-likeness (QED) is 0.649. The molecule has 17 heavy (non-hydrogen) atoms. The van der Waals surface area contributed by atoms with E-state index in [9.17, 15) is 0 Å². The fourth-order valence-electron chi connectivity index (χ4n) is 2.34. The van der Waals surface area contributed by atoms with Crippen LogP contribution in [0, 0.1) is 5.92 Å². The van der Waals surface area contributed by atoms with Gasteiger partial charge >= 0.3 is 0 Å². The molecular weight excluding hydrogens is 216 g/mol. The molecule has 1 fully saturated rings. The van der Waals surface area contributed by atoms with Gasteiger partial charge in [-0.25, -0.2) is 0 Å². The Bertz CT molecular complexity index is 182. The second-order valence-electron chi connectivity index (χ2n) is 5.17. The Balaban J connectivity index is 2.16. The van der Waals surface area contributed by atoms with E-state index in [2.05, 4.69) is 16.7 Å². The van der Waals surface area contributed by atoms with E-state index in [0.717, 1.165) is 38.5 Å². The third-order valence-corrected chi connectivity index (χ3v) is 3.66. The number of likely N-dealkylation sites (tertiary alicyclic amines) is 1. The highest BCUT2D eigenvalue weighted by Crippen LogP contribution is 2.15. The number of hydrogen-bond donors (Lipinski definition) is 2. The molecular formula is C13H28N2O2. The summed E-state index contributed by atoms with van der Waals surface area (Å²) < 4.78 is 0. The van der Waals surface area contributed by atoms with E-state index in [4.69, 9.17) is 10.2 Å². The molecule has 0 atom stereocenters. The van der Waals surface area contributed by atoms with Crippen molar-refractivity contribution in [3.8, 4) is 0 Å². The van der Waals surface area contributed by atoms with Gasteiger partial charge in [-0.15, -0.1) is 0 Å². The van der Waals surface area contributed by atoms with E-state index in [0.29, 0.717) is 0 Å². The van der Waals surface area contributed by atoms with Crippen molar-refractivity contribution >= 4 is 0 Å². The van der Waals surface area contributed by atoms with Crippen LogP contribution in [0.2, 0.25) is 0 Å². The zero-order chi connectivity index (χ0) is 12.5. The Labute approximate surface area is 105 Å². The minimum Gasteiger partial charge on any atom is -0.396 e. The third-order valence-electron chi connectivity index (χ3n) is 3.66. The maximum absolute atomic E-state index is 8.99. The molecule has 0 aliphatic carbocycles. The smallest absolute Gasteiger partial charge is 0.0558 e. The molecule has 0 aromatic heterocycles. The van der Waals surface area contributed by atoms with Crippen LogP contribution in [-0.4, -0.2) is 72.5 Å². The summed E-state index contributed by atoms with van der Waals surface area (Å²) in [7, 11) is 0. The summed E-state index contributed by atoms with van der Waals surface area (Å²) in [6, 6.07) is 0. The number of hydrogen-bond acceptors (Lipinski definition) is 4. The van der Waals surface area contributed by atoms with Gasteiger partial charge in [0.15, 0.2) is 0 Å². The lowest BCUT2D eigenvalue weighted by molar-refractivity contribution is 0.138. The minimum absolute atomic E-state index is 0.211. The van der Waals surface area contributed by atoms with Gasteiger partial charge in [-0.3, -0.25) is 4.90 Å². The zero-order valence-corrected chi connectivity index (χ0v) is 11.1. The fourth-order valence-corrected chi connectivity index (χ4v) is 2.34. The maximum atomic E-state index is 8.99. The molecule has 0 unspecified atom stereocenters. The highest BCUT2D eigenvalue weighted by Gasteiger charge is 2.16. The van der Waals surface area contributed by atoms with Crippen molar-refractivity contribution in [1.82, 2.24) is 9.80 Å². The normalized spacial score (nSPS) is 19.1. The second-order valence-corrected chi connectivity index (χ2v) is 5.17. The standard InChI is InChI=1S/C13H28N2O2/c1-13-3-6-15(7-4-13)9-8-14(10-12-17)5-2-11-16/h13,16-17H,2-12H2,1H3. The first-order valence-electron chi connectivity index (χ1n) is 6.92. The Kier molecular flexibility index (Phi) is 7.77. The lowest BCUT2D eigenvalue weighted by Crippen LogP contribution is -2.40. The zero-order valence-electron chi connectivity index (χ0n) is 11.1. The van der Waals surface area contributed by atoms with Gasteiger partial charge in [-0.2, -0.15) is 0 Å². The summed E-state index contributed by atoms with van der Waals surface area (Å²) in [5.74, 6) is 0.884. The van der Waals surface area contributed by atoms with Crippen molar-refractivity contribution in [2.45, 2.75) is 26.2 Å². The molecule has 0 saturated carbocycles. The van der Waals surface area contributed by atoms with Gasteiger partial charge in [0.2, 0.25) is 0 Å². The average Bonchev–Trinajstić information content (AvgIpc) is 2.35. The summed E-state index contributed by atoms with van der Waals surface area (Å²) >= 11 is 0. The van der Waals surface area contributed by atoms with Crippen LogP contribution in [0.15, 0.2) is 0 Å². The SMILES string of the molecule is CC1CCN(CCN(CCO)CCCO)CC1. The number of rotatable bonds is 8. The van der Waals surface area contributed by atoms with Crippen LogP contribution < -0.4 is 0 Å². The second kappa shape index (κ2) is 8.86. The van der Waals surface area contributed by atoms with E-state index in [1.54, 1.807) is 0 Å². The molecule has 102 valence electrons. The summed E-state index contributed by atoms with van der Waals surface area (Å²) in [5.41, 5.74) is 0. The van der Waals surface area contributed by atoms with Crippen LogP contribution in [0.4, 0.5) is 0 Å². The summed E-state index contributed by atoms with van der Waals surface area (Å²) in [6.07, 6.45) is 3.43. The molecule has 1 aliphatic heterocycles. The van der Waals surface area contributed by atoms with Crippen LogP contribution in [0.3, 0.4) is 0 Å². The van der Waals surface area contributed by atoms with Crippen LogP contribution in [0.5, 0.6) is 0 Å². The molecule has 1 heterocycles. The number of nitrogens with zero attached hydrogens (tertiary/aromatic N) is 2. The van der Waals surface area contributed by atoms with E-state index in [1.165, 1.54) is 25.9 Å². The first-order valence-corrected chi connectivity index (χ1v) is 6.92. The number of aliphatic hydroxyl groups is 2. The van der Waals surface area contributed by atoms with Crippen molar-refractivity contribution in [2.75, 3.05) is 52.5 Å². The maximum Gasteiger partial charge on any atom is 0.0558 e. The lowest BCUT2D eigenvalue weighted by atomic mass is 9.99. The van der Waals surface area contributed by atoms with Gasteiger partial charge in [-0.1, -0.05) is 6.92 Å². The molecule has 0 radical (unpaired) electrons. The van der Waals surface area contributed by atoms with Crippen LogP contribution in [0.1, 0.15) is 26.2 Å². The molecule has 0 spiro atoms. The summed E-state index contributed by atoms with van der Waals surface area (Å²) in [4.78, 5) is 4.76. The topological polar surface area (TPSA) is 46.9 Å². The van der Waals surface area contributed by atoms with Crippen molar-refractivity contribution in [3.63, 3.8) is 0 Å². The molecule has 4 nitrogen and oxygen atoms in total. The summed E-state index contributed by atoms with van der Waals surface area (Å²) in [5, 5.41) is 17.8. The Morgan fingerprint density at radius 3 is 2.35 bits per heavy atom. The van der Waals surface area contributed by atoms with Gasteiger partial charge in [-0.05, 0) is 38.3 Å². The lowest BCUT2D eigenvalue weighted by Gasteiger charge is -2.32. The molecule has 1 saturated heterocycles. The number of aliphatic hydroxyl groups excluding tert-OH is 2. The minimum atomic E-state index is 0.211. The van der Waals surface area contributed by atoms with Gasteiger partial charge in [0.05, 0.1) is 6.61 Å². The first kappa shape index (κ1) is 14.9. The first-order chi connectivity index (χ1) is 8.26. The largest absolute Gasteiger partial charge is 0.396 e. The van der Waals surface area contributed by atoms with Gasteiger partial charge in [0.25, 0.3) is 0 Å². The molecule has 4 heteroatoms. The fraction of sp³-hybridized carbons (Fsp3) is 1.00. The molecule has 2 N–H and O–H groups in total. The molecule has 0 aromatic carbocycles. The predicted molar refractivity (Wildman–Crippen MR) is 70.1 cm³/mol. The van der Waals surface area contributed by atoms with Gasteiger partial charge in [0.1, 0.15) is 0 Å². The van der Waals surface area contributed by atoms with E-state index in [-0.39, 0.29) is 13.2 Å². The monoisotopic (exact) mass is 244 g/mol. The third kappa shape index (κ3) is 6.36. The van der Waals surface area contributed by atoms with E-state index in [1.807, 2.05) is 0 Å². The van der Waals surface area contributed by atoms with Gasteiger partial charge < -0.3 is 15.1 Å². The Morgan fingerprint density at radius 2 is 1.76 bits per heavy atom. The molecule has 1 rings (SSSR count). The highest BCUT2D eigenvalue weighted by molar-refractivity contribution is 4.71. The van der Waals surface area contributed by atoms with Crippen molar-refractivity contribution in [3.05, 3.63) is 0 Å². The van der Waals surface area contributed by atoms with Gasteiger partial charge in [0, 0.05) is 32.8 Å². The summed E-state index contributed by atoms with van der Waals surface area (Å²) in [6.45, 7) is 8.93. The molecule has 0 bridgehead atoms. The van der Waals surface area contributed by atoms with Crippen molar-refractivity contribution < 1.29 is 10.2 Å². The molecule has 0 amide bonds. The van der Waals surface area contributed by atoms with Crippen LogP contribution in [-0.2, 0) is 0 Å². The average molecular weight is 244 g/mol. The number of piperidine rings is 1. The van der Waals surface area contributed by atoms with Crippen LogP contribution >= 0.6 is 0 Å². The van der Waals surface area contributed by atoms with Crippen molar-refractivity contribution in [1.29, 1.82) is 0 Å². The highest BCUT2D eigenvalue weighted by atomic mass is 16.3. The van der Waals surface area contributed by atoms with E-state index >= 15 is 0 Å². The van der Waals surface area contributed by atoms with Crippen molar-refractivity contribution in [2.24, 2.45) is 5.92 Å². The predicted octanol–water partition coefficient (Wildman–Crippen LogP) is 0.395. The molecule has 1 aliphatic rings. The Hall–Kier alpha value is -0.160. The van der Waals surface area contributed by atoms with E-state index < -0.39 is 0 Å². The van der Waals surface area contributed by atoms with Crippen LogP contribution in [0.25, 0.3) is 0 Å². The molecule has 0 aromatic rings. The Morgan fingerprint density at radius 1 is 1.06 bits per heavy atom.